The first-order chi connectivity index (χ1) is 23.4. The van der Waals surface area contributed by atoms with Crippen LogP contribution >= 0.6 is 34.5 Å². The van der Waals surface area contributed by atoms with Gasteiger partial charge in [0.1, 0.15) is 21.7 Å². The minimum absolute atomic E-state index is 0.0206. The van der Waals surface area contributed by atoms with E-state index in [2.05, 4.69) is 10.2 Å². The van der Waals surface area contributed by atoms with Crippen LogP contribution in [-0.4, -0.2) is 62.5 Å². The van der Waals surface area contributed by atoms with Crippen molar-refractivity contribution >= 4 is 46.5 Å². The van der Waals surface area contributed by atoms with Crippen LogP contribution in [0, 0.1) is 0 Å². The molecule has 4 aromatic rings. The highest BCUT2D eigenvalue weighted by molar-refractivity contribution is 7.14. The third-order valence-corrected chi connectivity index (χ3v) is 10.8. The van der Waals surface area contributed by atoms with E-state index >= 15 is 0 Å². The number of aromatic nitrogens is 1. The van der Waals surface area contributed by atoms with E-state index < -0.39 is 23.4 Å². The summed E-state index contributed by atoms with van der Waals surface area (Å²) in [7, 11) is 5.10. The first-order valence-corrected chi connectivity index (χ1v) is 17.3. The molecule has 13 heteroatoms. The number of pyridine rings is 1. The third-order valence-electron chi connectivity index (χ3n) is 8.97. The Balaban J connectivity index is 1.52. The molecule has 2 atom stereocenters. The molecule has 0 saturated carbocycles. The molecule has 1 fully saturated rings. The Morgan fingerprint density at radius 2 is 1.71 bits per heavy atom. The lowest BCUT2D eigenvalue weighted by Gasteiger charge is -2.34. The molecule has 0 radical (unpaired) electrons. The number of hydrogen-bond acceptors (Lipinski definition) is 10. The zero-order valence-electron chi connectivity index (χ0n) is 27.7. The van der Waals surface area contributed by atoms with Crippen LogP contribution in [0.3, 0.4) is 0 Å². The number of thiophene rings is 1. The van der Waals surface area contributed by atoms with E-state index in [1.54, 1.807) is 25.1 Å². The molecule has 260 valence electrons. The maximum atomic E-state index is 13.8. The predicted octanol–water partition coefficient (Wildman–Crippen LogP) is 4.98. The van der Waals surface area contributed by atoms with E-state index in [0.29, 0.717) is 33.1 Å². The van der Waals surface area contributed by atoms with Crippen molar-refractivity contribution in [3.8, 4) is 11.5 Å². The lowest BCUT2D eigenvalue weighted by molar-refractivity contribution is -0.904. The van der Waals surface area contributed by atoms with E-state index in [0.717, 1.165) is 47.6 Å². The van der Waals surface area contributed by atoms with Crippen LogP contribution in [0.5, 0.6) is 11.5 Å². The number of piperidine rings is 1. The van der Waals surface area contributed by atoms with Gasteiger partial charge in [-0.2, -0.15) is 0 Å². The summed E-state index contributed by atoms with van der Waals surface area (Å²) >= 11 is 14.1. The van der Waals surface area contributed by atoms with Crippen molar-refractivity contribution in [2.75, 3.05) is 34.4 Å². The van der Waals surface area contributed by atoms with Gasteiger partial charge in [0.15, 0.2) is 11.5 Å². The average Bonchev–Trinajstić information content (AvgIpc) is 3.52. The number of nitrogens with zero attached hydrogens (tertiary/aromatic N) is 2. The van der Waals surface area contributed by atoms with Crippen LogP contribution in [0.25, 0.3) is 0 Å². The summed E-state index contributed by atoms with van der Waals surface area (Å²) < 4.78 is 17.8. The fraction of sp³-hybridized carbons (Fsp3) is 0.361. The lowest BCUT2D eigenvalue weighted by atomic mass is 9.85. The molecule has 1 saturated heterocycles. The highest BCUT2D eigenvalue weighted by Crippen LogP contribution is 2.41. The van der Waals surface area contributed by atoms with Gasteiger partial charge in [-0.05, 0) is 68.1 Å². The molecule has 5 rings (SSSR count). The number of rotatable bonds is 13. The maximum Gasteiger partial charge on any atom is 0.330 e. The number of carboxylic acids is 1. The largest absolute Gasteiger partial charge is 0.544 e. The standard InChI is InChI=1S/C36H39Cl2N3O7S/c1-36(23-8-6-5-7-9-23,35(44)48-24-12-14-40(2)15-13-24)39-19-25-17-27(33(49-25)34(42)43)26(18-28-29(37)20-41(45)21-30(28)38)22-10-11-31(46-3)32(16-22)47-4/h5-11,16-17,20-21,24,26,39H,12-15,18-19H2,1-4H3,(H-,42,43,45)/t26-,36?/m0/s1. The maximum absolute atomic E-state index is 13.8. The zero-order chi connectivity index (χ0) is 35.3. The highest BCUT2D eigenvalue weighted by Gasteiger charge is 2.38. The SMILES string of the molecule is COc1ccc([C@H](Cc2c(Cl)c[n+](O)cc2Cl)c2cc(CNC(C)(C(=O)OC3CCN(C)CC3)c3ccccc3)sc2C(=O)[O-])cc1OC. The van der Waals surface area contributed by atoms with Crippen molar-refractivity contribution in [3.05, 3.63) is 109 Å². The first-order valence-electron chi connectivity index (χ1n) is 15.8. The molecule has 0 bridgehead atoms. The number of carboxylic acid groups (broad SMARTS) is 1. The summed E-state index contributed by atoms with van der Waals surface area (Å²) in [4.78, 5) is 29.4. The Labute approximate surface area is 299 Å². The molecule has 49 heavy (non-hydrogen) atoms. The Bertz CT molecular complexity index is 1770. The fourth-order valence-electron chi connectivity index (χ4n) is 6.08. The second kappa shape index (κ2) is 15.8. The van der Waals surface area contributed by atoms with Gasteiger partial charge in [0.05, 0.1) is 25.1 Å². The molecule has 0 aliphatic carbocycles. The molecule has 1 aliphatic rings. The lowest BCUT2D eigenvalue weighted by Crippen LogP contribution is -2.49. The van der Waals surface area contributed by atoms with Crippen molar-refractivity contribution in [1.29, 1.82) is 0 Å². The monoisotopic (exact) mass is 727 g/mol. The predicted molar refractivity (Wildman–Crippen MR) is 185 cm³/mol. The van der Waals surface area contributed by atoms with Crippen LogP contribution in [0.15, 0.2) is 67.0 Å². The molecule has 1 aliphatic heterocycles. The van der Waals surface area contributed by atoms with Crippen molar-refractivity contribution in [1.82, 2.24) is 10.2 Å². The van der Waals surface area contributed by atoms with Crippen molar-refractivity contribution in [2.45, 2.75) is 50.3 Å². The quantitative estimate of drug-likeness (QED) is 0.112. The number of nitrogens with one attached hydrogen (secondary N) is 1. The number of likely N-dealkylation sites (tertiary alicyclic amines) is 1. The number of esters is 1. The van der Waals surface area contributed by atoms with Gasteiger partial charge in [-0.25, -0.2) is 4.79 Å². The molecule has 2 N–H and O–H groups in total. The highest BCUT2D eigenvalue weighted by atomic mass is 35.5. The summed E-state index contributed by atoms with van der Waals surface area (Å²) in [6, 6.07) is 16.5. The normalized spacial score (nSPS) is 15.7. The fourth-order valence-corrected chi connectivity index (χ4v) is 7.68. The Kier molecular flexibility index (Phi) is 11.7. The molecular formula is C36H39Cl2N3O7S. The van der Waals surface area contributed by atoms with Crippen LogP contribution in [0.2, 0.25) is 10.0 Å². The Morgan fingerprint density at radius 3 is 2.33 bits per heavy atom. The number of halogens is 2. The zero-order valence-corrected chi connectivity index (χ0v) is 30.0. The molecule has 0 spiro atoms. The second-order valence-electron chi connectivity index (χ2n) is 12.2. The third kappa shape index (κ3) is 8.30. The number of carbonyl (C=O) groups excluding carboxylic acids is 2. The minimum atomic E-state index is -1.34. The molecule has 2 aromatic heterocycles. The van der Waals surface area contributed by atoms with Crippen molar-refractivity contribution < 1.29 is 38.8 Å². The Hall–Kier alpha value is -3.87. The van der Waals surface area contributed by atoms with Crippen LogP contribution < -0.4 is 24.6 Å². The van der Waals surface area contributed by atoms with Crippen LogP contribution in [0.4, 0.5) is 0 Å². The molecule has 10 nitrogen and oxygen atoms in total. The van der Waals surface area contributed by atoms with Crippen molar-refractivity contribution in [2.24, 2.45) is 0 Å². The van der Waals surface area contributed by atoms with Gasteiger partial charge in [-0.15, -0.1) is 11.3 Å². The summed E-state index contributed by atoms with van der Waals surface area (Å²) in [6.07, 6.45) is 4.12. The molecule has 3 heterocycles. The number of ether oxygens (including phenoxy) is 3. The topological polar surface area (TPSA) is 124 Å². The van der Waals surface area contributed by atoms with Crippen molar-refractivity contribution in [3.63, 3.8) is 0 Å². The average molecular weight is 729 g/mol. The minimum Gasteiger partial charge on any atom is -0.544 e. The van der Waals surface area contributed by atoms with E-state index in [1.807, 2.05) is 43.4 Å². The number of hydrogen-bond donors (Lipinski definition) is 2. The van der Waals surface area contributed by atoms with Gasteiger partial charge >= 0.3 is 5.97 Å². The van der Waals surface area contributed by atoms with Gasteiger partial charge in [0.25, 0.3) is 0 Å². The van der Waals surface area contributed by atoms with Gasteiger partial charge in [0, 0.05) is 40.7 Å². The van der Waals surface area contributed by atoms with Crippen LogP contribution in [0.1, 0.15) is 62.5 Å². The van der Waals surface area contributed by atoms with E-state index in [4.69, 9.17) is 37.4 Å². The number of carbonyl (C=O) groups is 2. The van der Waals surface area contributed by atoms with Gasteiger partial charge in [-0.3, -0.25) is 10.5 Å². The van der Waals surface area contributed by atoms with E-state index in [9.17, 15) is 19.9 Å². The molecular weight excluding hydrogens is 689 g/mol. The Morgan fingerprint density at radius 1 is 1.06 bits per heavy atom. The van der Waals surface area contributed by atoms with E-state index in [-0.39, 0.29) is 34.0 Å². The van der Waals surface area contributed by atoms with Gasteiger partial charge in [-0.1, -0.05) is 59.6 Å². The summed E-state index contributed by atoms with van der Waals surface area (Å²) in [6.45, 7) is 3.64. The van der Waals surface area contributed by atoms with Gasteiger partial charge in [0.2, 0.25) is 12.4 Å². The summed E-state index contributed by atoms with van der Waals surface area (Å²) in [5, 5.41) is 26.4. The molecule has 2 aromatic carbocycles. The van der Waals surface area contributed by atoms with Gasteiger partial charge < -0.3 is 29.0 Å². The molecule has 1 unspecified atom stereocenters. The second-order valence-corrected chi connectivity index (χ2v) is 14.2. The summed E-state index contributed by atoms with van der Waals surface area (Å²) in [5.41, 5.74) is 1.20. The van der Waals surface area contributed by atoms with Crippen LogP contribution in [-0.2, 0) is 28.0 Å². The summed E-state index contributed by atoms with van der Waals surface area (Å²) in [5.74, 6) is -1.37. The number of benzene rings is 2. The number of methoxy groups -OCH3 is 2. The smallest absolute Gasteiger partial charge is 0.330 e. The van der Waals surface area contributed by atoms with E-state index in [1.165, 1.54) is 26.6 Å². The first kappa shape index (κ1) is 36.4. The molecule has 0 amide bonds. The number of aromatic carboxylic acids is 1.